The summed E-state index contributed by atoms with van der Waals surface area (Å²) in [5.74, 6) is -2.13. The van der Waals surface area contributed by atoms with Gasteiger partial charge in [-0.05, 0) is 42.6 Å². The second-order valence-electron chi connectivity index (χ2n) is 6.40. The SMILES string of the molecule is O=C(O)COc1ccc(Cl)cc1/C=C1\SC(=S)N(NC(=O)COc2cc(Cl)c(Cl)cc2Cl)C1=O. The Morgan fingerprint density at radius 3 is 2.41 bits per heavy atom. The van der Waals surface area contributed by atoms with Crippen LogP contribution in [0.2, 0.25) is 20.1 Å². The summed E-state index contributed by atoms with van der Waals surface area (Å²) in [4.78, 5) is 36.1. The molecular formula is C20H12Cl4N2O6S2. The highest BCUT2D eigenvalue weighted by atomic mass is 35.5. The lowest BCUT2D eigenvalue weighted by molar-refractivity contribution is -0.139. The van der Waals surface area contributed by atoms with Crippen molar-refractivity contribution in [3.05, 3.63) is 60.9 Å². The number of hydrogen-bond acceptors (Lipinski definition) is 7. The normalized spacial score (nSPS) is 14.5. The molecule has 14 heteroatoms. The molecule has 178 valence electrons. The first kappa shape index (κ1) is 26.4. The van der Waals surface area contributed by atoms with Crippen molar-refractivity contribution in [1.82, 2.24) is 10.4 Å². The average molecular weight is 582 g/mol. The monoisotopic (exact) mass is 580 g/mol. The Kier molecular flexibility index (Phi) is 8.91. The van der Waals surface area contributed by atoms with Gasteiger partial charge in [0.1, 0.15) is 11.5 Å². The number of ether oxygens (including phenoxy) is 2. The second-order valence-corrected chi connectivity index (χ2v) is 9.74. The standard InChI is InChI=1S/C20H12Cl4N2O6S2/c21-10-1-2-14(32-8-18(28)29)9(3-10)4-16-19(30)26(20(33)34-16)25-17(27)7-31-15-6-12(23)11(22)5-13(15)24/h1-6H,7-8H2,(H,25,27)(H,28,29)/b16-4-. The summed E-state index contributed by atoms with van der Waals surface area (Å²) in [5.41, 5.74) is 2.72. The van der Waals surface area contributed by atoms with E-state index in [1.165, 1.54) is 36.4 Å². The highest BCUT2D eigenvalue weighted by Crippen LogP contribution is 2.35. The van der Waals surface area contributed by atoms with Crippen LogP contribution in [0.15, 0.2) is 35.2 Å². The number of carboxylic acids is 1. The number of aliphatic carboxylic acids is 1. The molecule has 0 spiro atoms. The van der Waals surface area contributed by atoms with Crippen molar-refractivity contribution in [2.45, 2.75) is 0 Å². The van der Waals surface area contributed by atoms with Gasteiger partial charge in [0.2, 0.25) is 0 Å². The second kappa shape index (κ2) is 11.5. The number of thiocarbonyl (C=S) groups is 1. The Morgan fingerprint density at radius 1 is 1.03 bits per heavy atom. The van der Waals surface area contributed by atoms with Gasteiger partial charge in [0.05, 0.1) is 20.0 Å². The van der Waals surface area contributed by atoms with Crippen molar-refractivity contribution < 1.29 is 29.0 Å². The van der Waals surface area contributed by atoms with Gasteiger partial charge in [0.25, 0.3) is 11.8 Å². The first-order valence-electron chi connectivity index (χ1n) is 9.04. The van der Waals surface area contributed by atoms with E-state index in [2.05, 4.69) is 5.43 Å². The summed E-state index contributed by atoms with van der Waals surface area (Å²) < 4.78 is 10.6. The van der Waals surface area contributed by atoms with E-state index in [1.807, 2.05) is 0 Å². The van der Waals surface area contributed by atoms with E-state index in [9.17, 15) is 14.4 Å². The van der Waals surface area contributed by atoms with Crippen LogP contribution in [0.25, 0.3) is 6.08 Å². The molecule has 1 aliphatic rings. The third-order valence-corrected chi connectivity index (χ3v) is 6.53. The first-order valence-corrected chi connectivity index (χ1v) is 11.8. The topological polar surface area (TPSA) is 105 Å². The molecule has 0 radical (unpaired) electrons. The van der Waals surface area contributed by atoms with E-state index in [1.54, 1.807) is 0 Å². The number of hydrogen-bond donors (Lipinski definition) is 2. The molecule has 0 atom stereocenters. The first-order chi connectivity index (χ1) is 16.0. The van der Waals surface area contributed by atoms with Gasteiger partial charge < -0.3 is 14.6 Å². The van der Waals surface area contributed by atoms with E-state index in [4.69, 9.17) is 73.2 Å². The van der Waals surface area contributed by atoms with E-state index >= 15 is 0 Å². The average Bonchev–Trinajstić information content (AvgIpc) is 3.02. The molecule has 0 unspecified atom stereocenters. The molecule has 0 aromatic heterocycles. The Morgan fingerprint density at radius 2 is 1.71 bits per heavy atom. The maximum absolute atomic E-state index is 12.8. The summed E-state index contributed by atoms with van der Waals surface area (Å²) >= 11 is 29.9. The molecule has 1 fully saturated rings. The van der Waals surface area contributed by atoms with Gasteiger partial charge >= 0.3 is 5.97 Å². The van der Waals surface area contributed by atoms with Crippen LogP contribution in [-0.2, 0) is 14.4 Å². The smallest absolute Gasteiger partial charge is 0.341 e. The van der Waals surface area contributed by atoms with Crippen molar-refractivity contribution in [1.29, 1.82) is 0 Å². The fourth-order valence-electron chi connectivity index (χ4n) is 2.52. The van der Waals surface area contributed by atoms with Crippen LogP contribution in [-0.4, -0.2) is 45.4 Å². The van der Waals surface area contributed by atoms with Crippen LogP contribution >= 0.6 is 70.4 Å². The number of amides is 2. The lowest BCUT2D eigenvalue weighted by Crippen LogP contribution is -2.46. The van der Waals surface area contributed by atoms with Crippen molar-refractivity contribution in [2.24, 2.45) is 0 Å². The molecule has 2 N–H and O–H groups in total. The number of carbonyl (C=O) groups is 3. The Balaban J connectivity index is 1.70. The Labute approximate surface area is 222 Å². The molecule has 0 aliphatic carbocycles. The number of halogens is 4. The molecule has 8 nitrogen and oxygen atoms in total. The molecule has 2 amide bonds. The molecule has 1 heterocycles. The predicted octanol–water partition coefficient (Wildman–Crippen LogP) is 5.08. The summed E-state index contributed by atoms with van der Waals surface area (Å²) in [6, 6.07) is 7.22. The zero-order valence-corrected chi connectivity index (χ0v) is 21.3. The predicted molar refractivity (Wildman–Crippen MR) is 135 cm³/mol. The number of carboxylic acid groups (broad SMARTS) is 1. The van der Waals surface area contributed by atoms with Gasteiger partial charge in [-0.25, -0.2) is 4.79 Å². The summed E-state index contributed by atoms with van der Waals surface area (Å²) in [6.45, 7) is -1.07. The van der Waals surface area contributed by atoms with Crippen molar-refractivity contribution in [3.8, 4) is 11.5 Å². The molecule has 2 aromatic rings. The van der Waals surface area contributed by atoms with Crippen LogP contribution in [0.5, 0.6) is 11.5 Å². The maximum Gasteiger partial charge on any atom is 0.341 e. The van der Waals surface area contributed by atoms with E-state index in [0.717, 1.165) is 16.8 Å². The zero-order chi connectivity index (χ0) is 25.0. The lowest BCUT2D eigenvalue weighted by atomic mass is 10.2. The number of carbonyl (C=O) groups excluding carboxylic acids is 2. The maximum atomic E-state index is 12.8. The number of nitrogens with one attached hydrogen (secondary N) is 1. The molecule has 0 bridgehead atoms. The van der Waals surface area contributed by atoms with Crippen molar-refractivity contribution >= 4 is 98.6 Å². The van der Waals surface area contributed by atoms with E-state index in [-0.39, 0.29) is 35.8 Å². The zero-order valence-electron chi connectivity index (χ0n) is 16.6. The van der Waals surface area contributed by atoms with Gasteiger partial charge in [-0.15, -0.1) is 0 Å². The van der Waals surface area contributed by atoms with E-state index < -0.39 is 31.0 Å². The number of rotatable bonds is 8. The van der Waals surface area contributed by atoms with Crippen LogP contribution in [0.4, 0.5) is 0 Å². The van der Waals surface area contributed by atoms with Crippen LogP contribution in [0, 0.1) is 0 Å². The number of benzene rings is 2. The third-order valence-electron chi connectivity index (χ3n) is 3.97. The molecule has 34 heavy (non-hydrogen) atoms. The summed E-state index contributed by atoms with van der Waals surface area (Å²) in [5, 5.41) is 10.6. The van der Waals surface area contributed by atoms with Crippen molar-refractivity contribution in [2.75, 3.05) is 13.2 Å². The minimum atomic E-state index is -1.17. The fraction of sp³-hybridized carbons (Fsp3) is 0.100. The minimum absolute atomic E-state index is 0.0622. The van der Waals surface area contributed by atoms with Crippen LogP contribution in [0.1, 0.15) is 5.56 Å². The lowest BCUT2D eigenvalue weighted by Gasteiger charge is -2.16. The van der Waals surface area contributed by atoms with Gasteiger partial charge in [-0.2, -0.15) is 5.01 Å². The fourth-order valence-corrected chi connectivity index (χ4v) is 4.47. The highest BCUT2D eigenvalue weighted by molar-refractivity contribution is 8.26. The van der Waals surface area contributed by atoms with Gasteiger partial charge in [-0.3, -0.25) is 15.0 Å². The van der Waals surface area contributed by atoms with E-state index in [0.29, 0.717) is 10.6 Å². The minimum Gasteiger partial charge on any atom is -0.482 e. The summed E-state index contributed by atoms with van der Waals surface area (Å²) in [7, 11) is 0. The molecule has 3 rings (SSSR count). The van der Waals surface area contributed by atoms with Crippen molar-refractivity contribution in [3.63, 3.8) is 0 Å². The molecule has 0 saturated carbocycles. The number of nitrogens with zero attached hydrogens (tertiary/aromatic N) is 1. The largest absolute Gasteiger partial charge is 0.482 e. The quantitative estimate of drug-likeness (QED) is 0.253. The number of thioether (sulfide) groups is 1. The van der Waals surface area contributed by atoms with Gasteiger partial charge in [0.15, 0.2) is 17.5 Å². The number of hydrazine groups is 1. The summed E-state index contributed by atoms with van der Waals surface area (Å²) in [6.07, 6.45) is 1.43. The molecular weight excluding hydrogens is 570 g/mol. The third kappa shape index (κ3) is 6.68. The Hall–Kier alpha value is -2.21. The molecule has 2 aromatic carbocycles. The van der Waals surface area contributed by atoms with Gasteiger partial charge in [0, 0.05) is 16.7 Å². The van der Waals surface area contributed by atoms with Crippen LogP contribution in [0.3, 0.4) is 0 Å². The molecule has 1 saturated heterocycles. The molecule has 1 aliphatic heterocycles. The Bertz CT molecular complexity index is 1220. The highest BCUT2D eigenvalue weighted by Gasteiger charge is 2.34. The van der Waals surface area contributed by atoms with Gasteiger partial charge in [-0.1, -0.05) is 58.2 Å². The van der Waals surface area contributed by atoms with Crippen LogP contribution < -0.4 is 14.9 Å².